The Kier molecular flexibility index (Phi) is 5.05. The first kappa shape index (κ1) is 20.7. The molecular weight excluding hydrogens is 418 g/mol. The molecule has 0 saturated carbocycles. The Bertz CT molecular complexity index is 1530. The number of hydrogen-bond acceptors (Lipinski definition) is 5. The lowest BCUT2D eigenvalue weighted by Crippen LogP contribution is -2.33. The Balaban J connectivity index is 1.51. The molecule has 1 amide bonds. The number of para-hydroxylation sites is 1. The van der Waals surface area contributed by atoms with Crippen molar-refractivity contribution in [1.82, 2.24) is 24.9 Å². The molecule has 33 heavy (non-hydrogen) atoms. The maximum absolute atomic E-state index is 13.1. The Hall–Kier alpha value is -4.20. The standard InChI is InChI=1S/C25H23N5O3/c1-14(2)23(28-25(32)24-15(3)17-8-4-5-9-20(17)33-24)19-12-22(31)30-21(27-19)11-18(29-30)16-7-6-10-26-13-16/h4-14,23,29H,1-3H3,(H,28,32)/t23-/m1/s1. The lowest BCUT2D eigenvalue weighted by molar-refractivity contribution is 0.0897. The van der Waals surface area contributed by atoms with Crippen LogP contribution in [0, 0.1) is 12.8 Å². The number of aromatic nitrogens is 4. The van der Waals surface area contributed by atoms with E-state index in [0.717, 1.165) is 22.2 Å². The average molecular weight is 441 g/mol. The fraction of sp³-hybridized carbons (Fsp3) is 0.200. The number of nitrogens with zero attached hydrogens (tertiary/aromatic N) is 3. The normalized spacial score (nSPS) is 12.5. The lowest BCUT2D eigenvalue weighted by Gasteiger charge is -2.21. The summed E-state index contributed by atoms with van der Waals surface area (Å²) in [6.07, 6.45) is 3.40. The van der Waals surface area contributed by atoms with Gasteiger partial charge in [0.05, 0.1) is 17.4 Å². The van der Waals surface area contributed by atoms with Gasteiger partial charge in [-0.05, 0) is 31.0 Å². The first-order valence-electron chi connectivity index (χ1n) is 10.7. The van der Waals surface area contributed by atoms with Gasteiger partial charge in [-0.1, -0.05) is 32.0 Å². The quantitative estimate of drug-likeness (QED) is 0.424. The van der Waals surface area contributed by atoms with Crippen LogP contribution >= 0.6 is 0 Å². The van der Waals surface area contributed by atoms with Crippen molar-refractivity contribution in [2.45, 2.75) is 26.8 Å². The fourth-order valence-corrected chi connectivity index (χ4v) is 4.02. The fourth-order valence-electron chi connectivity index (χ4n) is 4.02. The monoisotopic (exact) mass is 441 g/mol. The summed E-state index contributed by atoms with van der Waals surface area (Å²) >= 11 is 0. The molecule has 0 aliphatic heterocycles. The summed E-state index contributed by atoms with van der Waals surface area (Å²) in [6, 6.07) is 14.0. The van der Waals surface area contributed by atoms with E-state index in [1.165, 1.54) is 10.6 Å². The average Bonchev–Trinajstić information content (AvgIpc) is 3.40. The van der Waals surface area contributed by atoms with Gasteiger partial charge in [-0.3, -0.25) is 19.7 Å². The van der Waals surface area contributed by atoms with E-state index in [-0.39, 0.29) is 23.1 Å². The van der Waals surface area contributed by atoms with Crippen molar-refractivity contribution in [1.29, 1.82) is 0 Å². The Morgan fingerprint density at radius 3 is 2.70 bits per heavy atom. The minimum absolute atomic E-state index is 0.00952. The maximum atomic E-state index is 13.1. The van der Waals surface area contributed by atoms with Crippen LogP contribution in [0.4, 0.5) is 0 Å². The Morgan fingerprint density at radius 1 is 1.15 bits per heavy atom. The van der Waals surface area contributed by atoms with Crippen molar-refractivity contribution in [2.24, 2.45) is 5.92 Å². The molecule has 8 heteroatoms. The van der Waals surface area contributed by atoms with Crippen molar-refractivity contribution in [3.63, 3.8) is 0 Å². The van der Waals surface area contributed by atoms with Crippen LogP contribution in [0.2, 0.25) is 0 Å². The molecule has 1 atom stereocenters. The van der Waals surface area contributed by atoms with Gasteiger partial charge in [-0.15, -0.1) is 0 Å². The highest BCUT2D eigenvalue weighted by Gasteiger charge is 2.25. The molecule has 0 saturated heterocycles. The molecule has 0 radical (unpaired) electrons. The van der Waals surface area contributed by atoms with Gasteiger partial charge in [-0.25, -0.2) is 9.50 Å². The molecule has 0 spiro atoms. The van der Waals surface area contributed by atoms with Gasteiger partial charge in [0.25, 0.3) is 11.5 Å². The van der Waals surface area contributed by atoms with Gasteiger partial charge in [0.2, 0.25) is 0 Å². The number of nitrogens with one attached hydrogen (secondary N) is 2. The molecule has 1 aromatic carbocycles. The number of aromatic amines is 1. The van der Waals surface area contributed by atoms with Crippen molar-refractivity contribution in [3.05, 3.63) is 88.3 Å². The molecule has 8 nitrogen and oxygen atoms in total. The molecule has 2 N–H and O–H groups in total. The number of aryl methyl sites for hydroxylation is 1. The van der Waals surface area contributed by atoms with Crippen molar-refractivity contribution < 1.29 is 9.21 Å². The Labute approximate surface area is 189 Å². The van der Waals surface area contributed by atoms with Gasteiger partial charge in [-0.2, -0.15) is 0 Å². The van der Waals surface area contributed by atoms with Crippen molar-refractivity contribution >= 4 is 22.5 Å². The molecule has 0 bridgehead atoms. The third-order valence-corrected chi connectivity index (χ3v) is 5.76. The summed E-state index contributed by atoms with van der Waals surface area (Å²) in [5, 5.41) is 6.98. The predicted molar refractivity (Wildman–Crippen MR) is 125 cm³/mol. The van der Waals surface area contributed by atoms with Crippen LogP contribution in [0.15, 0.2) is 70.1 Å². The minimum atomic E-state index is -0.473. The zero-order valence-electron chi connectivity index (χ0n) is 18.5. The second kappa shape index (κ2) is 8.05. The number of carbonyl (C=O) groups is 1. The molecular formula is C25H23N5O3. The summed E-state index contributed by atoms with van der Waals surface area (Å²) in [7, 11) is 0. The number of H-pyrrole nitrogens is 1. The number of fused-ring (bicyclic) bond motifs is 2. The van der Waals surface area contributed by atoms with E-state index in [1.807, 2.05) is 57.2 Å². The number of carbonyl (C=O) groups excluding carboxylic acids is 1. The highest BCUT2D eigenvalue weighted by molar-refractivity contribution is 5.99. The highest BCUT2D eigenvalue weighted by atomic mass is 16.3. The van der Waals surface area contributed by atoms with Crippen molar-refractivity contribution in [2.75, 3.05) is 0 Å². The number of pyridine rings is 1. The van der Waals surface area contributed by atoms with E-state index in [4.69, 9.17) is 4.42 Å². The molecule has 0 unspecified atom stereocenters. The summed E-state index contributed by atoms with van der Waals surface area (Å²) in [5.74, 6) is -0.0839. The number of amides is 1. The molecule has 4 aromatic heterocycles. The van der Waals surface area contributed by atoms with Crippen LogP contribution in [0.25, 0.3) is 27.9 Å². The zero-order chi connectivity index (χ0) is 23.1. The summed E-state index contributed by atoms with van der Waals surface area (Å²) in [5.41, 5.74) is 3.72. The van der Waals surface area contributed by atoms with E-state index in [2.05, 4.69) is 20.4 Å². The molecule has 5 aromatic rings. The van der Waals surface area contributed by atoms with Crippen LogP contribution < -0.4 is 10.9 Å². The van der Waals surface area contributed by atoms with Crippen LogP contribution in [0.5, 0.6) is 0 Å². The molecule has 0 aliphatic carbocycles. The van der Waals surface area contributed by atoms with Gasteiger partial charge >= 0.3 is 0 Å². The van der Waals surface area contributed by atoms with Gasteiger partial charge < -0.3 is 9.73 Å². The zero-order valence-corrected chi connectivity index (χ0v) is 18.5. The summed E-state index contributed by atoms with van der Waals surface area (Å²) in [6.45, 7) is 5.80. The Morgan fingerprint density at radius 2 is 1.97 bits per heavy atom. The second-order valence-electron chi connectivity index (χ2n) is 8.37. The van der Waals surface area contributed by atoms with Crippen molar-refractivity contribution in [3.8, 4) is 11.3 Å². The SMILES string of the molecule is Cc1c(C(=O)N[C@@H](c2cc(=O)n3[nH]c(-c4cccnc4)cc3n2)C(C)C)oc2ccccc12. The topological polar surface area (TPSA) is 105 Å². The first-order chi connectivity index (χ1) is 15.9. The van der Waals surface area contributed by atoms with E-state index in [9.17, 15) is 9.59 Å². The smallest absolute Gasteiger partial charge is 0.287 e. The largest absolute Gasteiger partial charge is 0.451 e. The highest BCUT2D eigenvalue weighted by Crippen LogP contribution is 2.27. The molecule has 4 heterocycles. The van der Waals surface area contributed by atoms with E-state index in [0.29, 0.717) is 16.9 Å². The molecule has 5 rings (SSSR count). The van der Waals surface area contributed by atoms with Crippen LogP contribution in [-0.4, -0.2) is 25.5 Å². The summed E-state index contributed by atoms with van der Waals surface area (Å²) in [4.78, 5) is 34.8. The lowest BCUT2D eigenvalue weighted by atomic mass is 10.00. The van der Waals surface area contributed by atoms with Crippen LogP contribution in [-0.2, 0) is 0 Å². The second-order valence-corrected chi connectivity index (χ2v) is 8.37. The third-order valence-electron chi connectivity index (χ3n) is 5.76. The van der Waals surface area contributed by atoms with E-state index >= 15 is 0 Å². The van der Waals surface area contributed by atoms with E-state index < -0.39 is 6.04 Å². The number of hydrogen-bond donors (Lipinski definition) is 2. The third kappa shape index (κ3) is 3.69. The predicted octanol–water partition coefficient (Wildman–Crippen LogP) is 4.27. The molecule has 0 aliphatic rings. The minimum Gasteiger partial charge on any atom is -0.451 e. The van der Waals surface area contributed by atoms with Crippen LogP contribution in [0.1, 0.15) is 41.7 Å². The molecule has 166 valence electrons. The number of benzene rings is 1. The summed E-state index contributed by atoms with van der Waals surface area (Å²) < 4.78 is 7.20. The molecule has 0 fully saturated rings. The number of furan rings is 1. The number of rotatable bonds is 5. The first-order valence-corrected chi connectivity index (χ1v) is 10.7. The maximum Gasteiger partial charge on any atom is 0.287 e. The van der Waals surface area contributed by atoms with Gasteiger partial charge in [0.1, 0.15) is 5.58 Å². The van der Waals surface area contributed by atoms with E-state index in [1.54, 1.807) is 18.5 Å². The van der Waals surface area contributed by atoms with Gasteiger partial charge in [0.15, 0.2) is 11.4 Å². The van der Waals surface area contributed by atoms with Crippen LogP contribution in [0.3, 0.4) is 0 Å². The van der Waals surface area contributed by atoms with Gasteiger partial charge in [0, 0.05) is 41.0 Å².